The third kappa shape index (κ3) is 2.84. The number of hydrogen-bond acceptors (Lipinski definition) is 7. The number of anilines is 1. The maximum absolute atomic E-state index is 14.8. The molecule has 0 saturated carbocycles. The molecular weight excluding hydrogens is 359 g/mol. The van der Waals surface area contributed by atoms with E-state index in [2.05, 4.69) is 25.5 Å². The highest BCUT2D eigenvalue weighted by Crippen LogP contribution is 2.34. The van der Waals surface area contributed by atoms with E-state index in [4.69, 9.17) is 0 Å². The molecule has 2 aromatic heterocycles. The van der Waals surface area contributed by atoms with Crippen molar-refractivity contribution in [2.45, 2.75) is 43.6 Å². The van der Waals surface area contributed by atoms with E-state index in [1.54, 1.807) is 30.6 Å². The van der Waals surface area contributed by atoms with Crippen molar-refractivity contribution in [2.75, 3.05) is 11.9 Å². The fraction of sp³-hybridized carbons (Fsp3) is 0.400. The molecule has 2 unspecified atom stereocenters. The van der Waals surface area contributed by atoms with Gasteiger partial charge in [0.1, 0.15) is 11.9 Å². The summed E-state index contributed by atoms with van der Waals surface area (Å²) >= 11 is 0. The molecule has 2 fully saturated rings. The van der Waals surface area contributed by atoms with Crippen molar-refractivity contribution < 1.29 is 9.50 Å². The Balaban J connectivity index is 1.42. The fourth-order valence-electron chi connectivity index (χ4n) is 4.38. The van der Waals surface area contributed by atoms with Crippen molar-refractivity contribution in [1.29, 1.82) is 0 Å². The fourth-order valence-corrected chi connectivity index (χ4v) is 4.38. The molecule has 5 rings (SSSR count). The van der Waals surface area contributed by atoms with Gasteiger partial charge in [-0.15, -0.1) is 10.2 Å². The number of aromatic hydroxyl groups is 1. The lowest BCUT2D eigenvalue weighted by atomic mass is 9.96. The molecule has 28 heavy (non-hydrogen) atoms. The lowest BCUT2D eigenvalue weighted by Crippen LogP contribution is -2.55. The van der Waals surface area contributed by atoms with E-state index < -0.39 is 6.17 Å². The number of nitrogens with one attached hydrogen (secondary N) is 1. The molecule has 0 aliphatic carbocycles. The Hall–Kier alpha value is -2.87. The van der Waals surface area contributed by atoms with Crippen molar-refractivity contribution in [3.8, 4) is 17.0 Å². The minimum absolute atomic E-state index is 0.0610. The molecule has 4 heterocycles. The van der Waals surface area contributed by atoms with Gasteiger partial charge in [0.05, 0.1) is 22.8 Å². The standard InChI is InChI=1S/C20H21FN6O/c1-27(17-8-11-2-3-14(24-11)20(17)21)19-5-4-13(25-26-19)12-9-15-16(10-18(12)28)23-7-6-22-15/h4-7,9-11,14,17,20,24,28H,2-3,8H2,1H3/t11?,14?,17-,20+/m1/s1. The van der Waals surface area contributed by atoms with Crippen LogP contribution in [0.3, 0.4) is 0 Å². The van der Waals surface area contributed by atoms with Crippen LogP contribution < -0.4 is 10.2 Å². The van der Waals surface area contributed by atoms with Crippen molar-refractivity contribution >= 4 is 16.9 Å². The molecule has 1 aromatic carbocycles. The molecule has 144 valence electrons. The van der Waals surface area contributed by atoms with Crippen LogP contribution in [0.15, 0.2) is 36.7 Å². The van der Waals surface area contributed by atoms with Gasteiger partial charge in [0.15, 0.2) is 5.82 Å². The number of rotatable bonds is 3. The van der Waals surface area contributed by atoms with Crippen molar-refractivity contribution in [1.82, 2.24) is 25.5 Å². The van der Waals surface area contributed by atoms with Gasteiger partial charge in [0.25, 0.3) is 0 Å². The van der Waals surface area contributed by atoms with Gasteiger partial charge in [-0.05, 0) is 37.5 Å². The van der Waals surface area contributed by atoms with E-state index in [0.717, 1.165) is 19.3 Å². The van der Waals surface area contributed by atoms with E-state index in [9.17, 15) is 9.50 Å². The summed E-state index contributed by atoms with van der Waals surface area (Å²) < 4.78 is 14.8. The predicted octanol–water partition coefficient (Wildman–Crippen LogP) is 2.46. The molecule has 2 bridgehead atoms. The number of benzene rings is 1. The molecular formula is C20H21FN6O. The van der Waals surface area contributed by atoms with Gasteiger partial charge in [-0.1, -0.05) is 0 Å². The molecule has 4 atom stereocenters. The molecule has 2 N–H and O–H groups in total. The molecule has 8 heteroatoms. The van der Waals surface area contributed by atoms with E-state index in [1.165, 1.54) is 0 Å². The molecule has 0 amide bonds. The highest BCUT2D eigenvalue weighted by atomic mass is 19.1. The second kappa shape index (κ2) is 6.63. The van der Waals surface area contributed by atoms with Crippen LogP contribution in [-0.4, -0.2) is 56.6 Å². The number of aromatic nitrogens is 4. The molecule has 0 radical (unpaired) electrons. The summed E-state index contributed by atoms with van der Waals surface area (Å²) in [5.41, 5.74) is 2.36. The monoisotopic (exact) mass is 380 g/mol. The number of fused-ring (bicyclic) bond motifs is 3. The summed E-state index contributed by atoms with van der Waals surface area (Å²) in [7, 11) is 1.87. The molecule has 3 aromatic rings. The lowest BCUT2D eigenvalue weighted by molar-refractivity contribution is 0.176. The van der Waals surface area contributed by atoms with Gasteiger partial charge >= 0.3 is 0 Å². The van der Waals surface area contributed by atoms with Crippen LogP contribution in [0.1, 0.15) is 19.3 Å². The number of nitrogens with zero attached hydrogens (tertiary/aromatic N) is 5. The number of halogens is 1. The first-order valence-corrected chi connectivity index (χ1v) is 9.51. The highest BCUT2D eigenvalue weighted by molar-refractivity contribution is 5.84. The Labute approximate surface area is 161 Å². The minimum atomic E-state index is -0.923. The smallest absolute Gasteiger partial charge is 0.151 e. The number of piperidine rings is 1. The summed E-state index contributed by atoms with van der Waals surface area (Å²) in [5, 5.41) is 22.3. The van der Waals surface area contributed by atoms with Crippen LogP contribution >= 0.6 is 0 Å². The first-order chi connectivity index (χ1) is 13.6. The Morgan fingerprint density at radius 1 is 1.11 bits per heavy atom. The zero-order chi connectivity index (χ0) is 19.3. The van der Waals surface area contributed by atoms with Crippen LogP contribution in [0, 0.1) is 0 Å². The van der Waals surface area contributed by atoms with E-state index in [0.29, 0.717) is 34.2 Å². The Morgan fingerprint density at radius 2 is 1.89 bits per heavy atom. The van der Waals surface area contributed by atoms with Gasteiger partial charge in [0.2, 0.25) is 0 Å². The summed E-state index contributed by atoms with van der Waals surface area (Å²) in [6.45, 7) is 0. The largest absolute Gasteiger partial charge is 0.507 e. The molecule has 7 nitrogen and oxygen atoms in total. The molecule has 2 aliphatic heterocycles. The van der Waals surface area contributed by atoms with Crippen LogP contribution in [0.2, 0.25) is 0 Å². The van der Waals surface area contributed by atoms with Crippen LogP contribution in [-0.2, 0) is 0 Å². The van der Waals surface area contributed by atoms with E-state index in [1.807, 2.05) is 18.0 Å². The SMILES string of the molecule is CN(c1ccc(-c2cc3nccnc3cc2O)nn1)[C@@H]1CC2CCC(N2)[C@@H]1F. The van der Waals surface area contributed by atoms with Gasteiger partial charge in [-0.2, -0.15) is 0 Å². The Kier molecular flexibility index (Phi) is 4.08. The predicted molar refractivity (Wildman–Crippen MR) is 104 cm³/mol. The third-order valence-electron chi connectivity index (χ3n) is 5.93. The van der Waals surface area contributed by atoms with Crippen molar-refractivity contribution in [3.63, 3.8) is 0 Å². The molecule has 2 aliphatic rings. The maximum atomic E-state index is 14.8. The normalized spacial score (nSPS) is 26.5. The summed E-state index contributed by atoms with van der Waals surface area (Å²) in [4.78, 5) is 10.3. The summed E-state index contributed by atoms with van der Waals surface area (Å²) in [5.74, 6) is 0.694. The van der Waals surface area contributed by atoms with Gasteiger partial charge in [-0.25, -0.2) is 4.39 Å². The topological polar surface area (TPSA) is 87.1 Å². The Bertz CT molecular complexity index is 1010. The molecule has 2 saturated heterocycles. The van der Waals surface area contributed by atoms with E-state index >= 15 is 0 Å². The van der Waals surface area contributed by atoms with E-state index in [-0.39, 0.29) is 17.8 Å². The van der Waals surface area contributed by atoms with Gasteiger partial charge in [0, 0.05) is 43.2 Å². The van der Waals surface area contributed by atoms with Crippen LogP contribution in [0.25, 0.3) is 22.3 Å². The third-order valence-corrected chi connectivity index (χ3v) is 5.93. The number of phenols is 1. The second-order valence-electron chi connectivity index (χ2n) is 7.60. The number of hydrogen-bond donors (Lipinski definition) is 2. The molecule has 0 spiro atoms. The summed E-state index contributed by atoms with van der Waals surface area (Å²) in [6, 6.07) is 7.04. The van der Waals surface area contributed by atoms with Crippen LogP contribution in [0.4, 0.5) is 10.2 Å². The van der Waals surface area contributed by atoms with Crippen molar-refractivity contribution in [2.24, 2.45) is 0 Å². The average Bonchev–Trinajstić information content (AvgIpc) is 3.13. The second-order valence-corrected chi connectivity index (χ2v) is 7.60. The maximum Gasteiger partial charge on any atom is 0.151 e. The zero-order valence-corrected chi connectivity index (χ0v) is 15.5. The lowest BCUT2D eigenvalue weighted by Gasteiger charge is -2.38. The minimum Gasteiger partial charge on any atom is -0.507 e. The number of phenolic OH excluding ortho intramolecular Hbond substituents is 1. The summed E-state index contributed by atoms with van der Waals surface area (Å²) in [6.07, 6.45) is 4.95. The van der Waals surface area contributed by atoms with Gasteiger partial charge in [-0.3, -0.25) is 9.97 Å². The van der Waals surface area contributed by atoms with Gasteiger partial charge < -0.3 is 15.3 Å². The Morgan fingerprint density at radius 3 is 2.64 bits per heavy atom. The van der Waals surface area contributed by atoms with Crippen LogP contribution in [0.5, 0.6) is 5.75 Å². The van der Waals surface area contributed by atoms with Crippen molar-refractivity contribution in [3.05, 3.63) is 36.7 Å². The first-order valence-electron chi connectivity index (χ1n) is 9.51. The first kappa shape index (κ1) is 17.2. The number of alkyl halides is 1. The quantitative estimate of drug-likeness (QED) is 0.722. The highest BCUT2D eigenvalue weighted by Gasteiger charge is 2.43. The zero-order valence-electron chi connectivity index (χ0n) is 15.5. The average molecular weight is 380 g/mol.